The lowest BCUT2D eigenvalue weighted by Crippen LogP contribution is -2.12. The van der Waals surface area contributed by atoms with Crippen LogP contribution in [0.25, 0.3) is 10.9 Å². The summed E-state index contributed by atoms with van der Waals surface area (Å²) < 4.78 is 0. The van der Waals surface area contributed by atoms with E-state index < -0.39 is 0 Å². The Bertz CT molecular complexity index is 602. The van der Waals surface area contributed by atoms with E-state index in [9.17, 15) is 4.79 Å². The van der Waals surface area contributed by atoms with Crippen molar-refractivity contribution in [2.24, 2.45) is 0 Å². The van der Waals surface area contributed by atoms with Crippen molar-refractivity contribution in [3.63, 3.8) is 0 Å². The molecule has 1 saturated carbocycles. The minimum absolute atomic E-state index is 0.421. The van der Waals surface area contributed by atoms with Crippen molar-refractivity contribution < 1.29 is 4.79 Å². The van der Waals surface area contributed by atoms with E-state index in [0.717, 1.165) is 25.7 Å². The molecule has 0 amide bonds. The Morgan fingerprint density at radius 1 is 1.21 bits per heavy atom. The molecule has 1 fully saturated rings. The van der Waals surface area contributed by atoms with Crippen LogP contribution < -0.4 is 4.90 Å². The van der Waals surface area contributed by atoms with Gasteiger partial charge in [0.05, 0.1) is 0 Å². The number of rotatable bonds is 2. The molecular formula is C16H20N2O. The molecule has 1 heterocycles. The Morgan fingerprint density at radius 2 is 1.95 bits per heavy atom. The van der Waals surface area contributed by atoms with Crippen LogP contribution in [0.1, 0.15) is 37.2 Å². The first-order valence-electron chi connectivity index (χ1n) is 6.95. The number of anilines is 1. The van der Waals surface area contributed by atoms with Crippen LogP contribution in [0.15, 0.2) is 24.4 Å². The molecule has 0 unspecified atom stereocenters. The van der Waals surface area contributed by atoms with Gasteiger partial charge in [-0.15, -0.1) is 0 Å². The van der Waals surface area contributed by atoms with Crippen molar-refractivity contribution in [1.82, 2.24) is 4.98 Å². The molecule has 1 aliphatic rings. The van der Waals surface area contributed by atoms with E-state index >= 15 is 0 Å². The fraction of sp³-hybridized carbons (Fsp3) is 0.438. The van der Waals surface area contributed by atoms with Crippen molar-refractivity contribution in [1.29, 1.82) is 0 Å². The van der Waals surface area contributed by atoms with Crippen LogP contribution in [-0.4, -0.2) is 24.9 Å². The molecule has 1 aliphatic carbocycles. The van der Waals surface area contributed by atoms with Gasteiger partial charge in [0.15, 0.2) is 0 Å². The lowest BCUT2D eigenvalue weighted by Gasteiger charge is -2.21. The summed E-state index contributed by atoms with van der Waals surface area (Å²) in [6.45, 7) is 0. The zero-order valence-electron chi connectivity index (χ0n) is 11.6. The first-order valence-corrected chi connectivity index (χ1v) is 6.95. The molecule has 3 rings (SSSR count). The molecule has 19 heavy (non-hydrogen) atoms. The van der Waals surface area contributed by atoms with Gasteiger partial charge < -0.3 is 9.88 Å². The van der Waals surface area contributed by atoms with Crippen LogP contribution in [0.5, 0.6) is 0 Å². The molecule has 100 valence electrons. The second kappa shape index (κ2) is 4.72. The number of aromatic amines is 1. The van der Waals surface area contributed by atoms with Crippen LogP contribution in [-0.2, 0) is 4.79 Å². The maximum atomic E-state index is 11.4. The molecule has 3 heteroatoms. The fourth-order valence-corrected chi connectivity index (χ4v) is 3.00. The number of carbonyl (C=O) groups excluding carboxylic acids is 1. The third kappa shape index (κ3) is 2.25. The number of benzene rings is 1. The Hall–Kier alpha value is -1.77. The van der Waals surface area contributed by atoms with Crippen molar-refractivity contribution >= 4 is 22.4 Å². The zero-order valence-corrected chi connectivity index (χ0v) is 11.6. The second-order valence-corrected chi connectivity index (χ2v) is 5.68. The molecule has 2 aromatic rings. The highest BCUT2D eigenvalue weighted by Gasteiger charge is 2.22. The van der Waals surface area contributed by atoms with E-state index in [4.69, 9.17) is 0 Å². The van der Waals surface area contributed by atoms with Crippen LogP contribution in [0.4, 0.5) is 5.69 Å². The average Bonchev–Trinajstić information content (AvgIpc) is 2.82. The predicted molar refractivity (Wildman–Crippen MR) is 78.8 cm³/mol. The average molecular weight is 256 g/mol. The molecule has 3 nitrogen and oxygen atoms in total. The highest BCUT2D eigenvalue weighted by molar-refractivity contribution is 5.87. The van der Waals surface area contributed by atoms with Crippen molar-refractivity contribution in [2.75, 3.05) is 19.0 Å². The standard InChI is InChI=1S/C16H20N2O/c1-18(2)12-5-8-16-14(9-12)15(10-17-16)11-3-6-13(19)7-4-11/h5,8-11,17H,3-4,6-7H2,1-2H3. The third-order valence-corrected chi connectivity index (χ3v) is 4.20. The van der Waals surface area contributed by atoms with Gasteiger partial charge in [0.25, 0.3) is 0 Å². The molecule has 0 spiro atoms. The van der Waals surface area contributed by atoms with Gasteiger partial charge in [0, 0.05) is 49.7 Å². The Morgan fingerprint density at radius 3 is 2.63 bits per heavy atom. The number of aromatic nitrogens is 1. The first-order chi connectivity index (χ1) is 9.15. The first kappa shape index (κ1) is 12.3. The molecule has 0 saturated heterocycles. The van der Waals surface area contributed by atoms with Gasteiger partial charge in [0.2, 0.25) is 0 Å². The number of Topliss-reactive ketones (excluding diaryl/α,β-unsaturated/α-hetero) is 1. The van der Waals surface area contributed by atoms with Crippen molar-refractivity contribution in [2.45, 2.75) is 31.6 Å². The number of fused-ring (bicyclic) bond motifs is 1. The number of hydrogen-bond donors (Lipinski definition) is 1. The molecule has 1 N–H and O–H groups in total. The molecule has 0 radical (unpaired) electrons. The summed E-state index contributed by atoms with van der Waals surface area (Å²) in [7, 11) is 4.12. The number of carbonyl (C=O) groups is 1. The molecule has 1 aromatic heterocycles. The Kier molecular flexibility index (Phi) is 3.05. The van der Waals surface area contributed by atoms with Crippen LogP contribution in [0.3, 0.4) is 0 Å². The smallest absolute Gasteiger partial charge is 0.132 e. The highest BCUT2D eigenvalue weighted by atomic mass is 16.1. The normalized spacial score (nSPS) is 17.1. The van der Waals surface area contributed by atoms with Crippen molar-refractivity contribution in [3.05, 3.63) is 30.0 Å². The van der Waals surface area contributed by atoms with Crippen LogP contribution in [0.2, 0.25) is 0 Å². The maximum absolute atomic E-state index is 11.4. The summed E-state index contributed by atoms with van der Waals surface area (Å²) in [6, 6.07) is 6.52. The van der Waals surface area contributed by atoms with Crippen LogP contribution in [0, 0.1) is 0 Å². The number of hydrogen-bond acceptors (Lipinski definition) is 2. The van der Waals surface area contributed by atoms with E-state index in [0.29, 0.717) is 11.7 Å². The Labute approximate surface area is 113 Å². The fourth-order valence-electron chi connectivity index (χ4n) is 3.00. The summed E-state index contributed by atoms with van der Waals surface area (Å²) in [4.78, 5) is 16.9. The summed E-state index contributed by atoms with van der Waals surface area (Å²) in [6.07, 6.45) is 5.61. The molecule has 0 bridgehead atoms. The van der Waals surface area contributed by atoms with E-state index in [-0.39, 0.29) is 0 Å². The summed E-state index contributed by atoms with van der Waals surface area (Å²) in [5, 5.41) is 1.31. The lowest BCUT2D eigenvalue weighted by molar-refractivity contribution is -0.120. The second-order valence-electron chi connectivity index (χ2n) is 5.68. The predicted octanol–water partition coefficient (Wildman–Crippen LogP) is 3.46. The van der Waals surface area contributed by atoms with E-state index in [1.807, 2.05) is 0 Å². The van der Waals surface area contributed by atoms with E-state index in [1.54, 1.807) is 0 Å². The Balaban J connectivity index is 1.99. The largest absolute Gasteiger partial charge is 0.378 e. The lowest BCUT2D eigenvalue weighted by atomic mass is 9.83. The summed E-state index contributed by atoms with van der Waals surface area (Å²) >= 11 is 0. The van der Waals surface area contributed by atoms with Gasteiger partial charge in [0.1, 0.15) is 5.78 Å². The molecule has 0 atom stereocenters. The number of ketones is 1. The summed E-state index contributed by atoms with van der Waals surface area (Å²) in [5.41, 5.74) is 3.80. The zero-order chi connectivity index (χ0) is 13.4. The van der Waals surface area contributed by atoms with Gasteiger partial charge in [-0.3, -0.25) is 4.79 Å². The number of H-pyrrole nitrogens is 1. The monoisotopic (exact) mass is 256 g/mol. The molecule has 1 aromatic carbocycles. The quantitative estimate of drug-likeness (QED) is 0.893. The van der Waals surface area contributed by atoms with Crippen molar-refractivity contribution in [3.8, 4) is 0 Å². The van der Waals surface area contributed by atoms with Gasteiger partial charge in [-0.1, -0.05) is 0 Å². The third-order valence-electron chi connectivity index (χ3n) is 4.20. The van der Waals surface area contributed by atoms with Gasteiger partial charge in [-0.05, 0) is 42.5 Å². The topological polar surface area (TPSA) is 36.1 Å². The maximum Gasteiger partial charge on any atom is 0.132 e. The SMILES string of the molecule is CN(C)c1ccc2[nH]cc(C3CCC(=O)CC3)c2c1. The van der Waals surface area contributed by atoms with Gasteiger partial charge in [-0.25, -0.2) is 0 Å². The number of nitrogens with one attached hydrogen (secondary N) is 1. The highest BCUT2D eigenvalue weighted by Crippen LogP contribution is 2.36. The minimum atomic E-state index is 0.421. The van der Waals surface area contributed by atoms with Gasteiger partial charge >= 0.3 is 0 Å². The van der Waals surface area contributed by atoms with Crippen LogP contribution >= 0.6 is 0 Å². The minimum Gasteiger partial charge on any atom is -0.378 e. The van der Waals surface area contributed by atoms with E-state index in [2.05, 4.69) is 48.4 Å². The molecule has 0 aliphatic heterocycles. The molecular weight excluding hydrogens is 236 g/mol. The number of nitrogens with zero attached hydrogens (tertiary/aromatic N) is 1. The van der Waals surface area contributed by atoms with E-state index in [1.165, 1.54) is 22.2 Å². The summed E-state index contributed by atoms with van der Waals surface area (Å²) in [5.74, 6) is 0.953. The van der Waals surface area contributed by atoms with Gasteiger partial charge in [-0.2, -0.15) is 0 Å².